The Morgan fingerprint density at radius 1 is 1.18 bits per heavy atom. The van der Waals surface area contributed by atoms with Gasteiger partial charge in [0.15, 0.2) is 0 Å². The van der Waals surface area contributed by atoms with Gasteiger partial charge in [0.05, 0.1) is 0 Å². The first kappa shape index (κ1) is 12.9. The monoisotopic (exact) mass is 155 g/mol. The van der Waals surface area contributed by atoms with E-state index in [1.54, 1.807) is 0 Å². The van der Waals surface area contributed by atoms with Crippen molar-refractivity contribution >= 4 is 0 Å². The second-order valence-electron chi connectivity index (χ2n) is 2.02. The number of rotatable bonds is 2. The molecule has 0 amide bonds. The lowest BCUT2D eigenvalue weighted by Gasteiger charge is -2.12. The fourth-order valence-electron chi connectivity index (χ4n) is 0.545. The van der Waals surface area contributed by atoms with Crippen molar-refractivity contribution in [2.24, 2.45) is 0 Å². The molecule has 0 radical (unpaired) electrons. The molecule has 0 spiro atoms. The first-order chi connectivity index (χ1) is 5.22. The van der Waals surface area contributed by atoms with Gasteiger partial charge in [0.25, 0.3) is 0 Å². The third-order valence-corrected chi connectivity index (χ3v) is 1.35. The van der Waals surface area contributed by atoms with Crippen LogP contribution >= 0.6 is 0 Å². The Kier molecular flexibility index (Phi) is 10.9. The van der Waals surface area contributed by atoms with Gasteiger partial charge >= 0.3 is 0 Å². The van der Waals surface area contributed by atoms with E-state index in [1.165, 1.54) is 5.70 Å². The minimum absolute atomic E-state index is 1.27. The van der Waals surface area contributed by atoms with Crippen molar-refractivity contribution in [2.45, 2.75) is 34.6 Å². The number of hydrogen-bond donors (Lipinski definition) is 0. The van der Waals surface area contributed by atoms with Gasteiger partial charge in [0.1, 0.15) is 0 Å². The lowest BCUT2D eigenvalue weighted by Crippen LogP contribution is -2.06. The molecular weight excluding hydrogens is 134 g/mol. The zero-order valence-corrected chi connectivity index (χ0v) is 8.68. The highest BCUT2D eigenvalue weighted by Gasteiger charge is 1.87. The molecule has 0 aromatic carbocycles. The summed E-state index contributed by atoms with van der Waals surface area (Å²) < 4.78 is 0. The third kappa shape index (κ3) is 7.17. The Labute approximate surface area is 71.4 Å². The van der Waals surface area contributed by atoms with E-state index in [4.69, 9.17) is 0 Å². The molecule has 0 atom stereocenters. The van der Waals surface area contributed by atoms with Crippen molar-refractivity contribution in [1.82, 2.24) is 4.90 Å². The highest BCUT2D eigenvalue weighted by Crippen LogP contribution is 1.98. The van der Waals surface area contributed by atoms with E-state index in [1.807, 2.05) is 47.0 Å². The van der Waals surface area contributed by atoms with Gasteiger partial charge in [-0.2, -0.15) is 0 Å². The highest BCUT2D eigenvalue weighted by molar-refractivity contribution is 4.98. The van der Waals surface area contributed by atoms with Crippen LogP contribution < -0.4 is 0 Å². The van der Waals surface area contributed by atoms with E-state index < -0.39 is 0 Å². The molecule has 0 bridgehead atoms. The molecule has 0 aromatic rings. The van der Waals surface area contributed by atoms with E-state index in [-0.39, 0.29) is 0 Å². The topological polar surface area (TPSA) is 3.24 Å². The molecule has 11 heavy (non-hydrogen) atoms. The van der Waals surface area contributed by atoms with E-state index in [0.717, 1.165) is 0 Å². The molecule has 0 aliphatic heterocycles. The summed E-state index contributed by atoms with van der Waals surface area (Å²) in [5.41, 5.74) is 1.27. The SMILES string of the molecule is C/C=C\N(C)/C(C)=C\C.CC. The summed E-state index contributed by atoms with van der Waals surface area (Å²) in [6, 6.07) is 0. The number of nitrogens with zero attached hydrogens (tertiary/aromatic N) is 1. The van der Waals surface area contributed by atoms with Crippen molar-refractivity contribution in [3.63, 3.8) is 0 Å². The predicted octanol–water partition coefficient (Wildman–Crippen LogP) is 3.40. The summed E-state index contributed by atoms with van der Waals surface area (Å²) >= 11 is 0. The van der Waals surface area contributed by atoms with E-state index in [0.29, 0.717) is 0 Å². The molecule has 0 saturated carbocycles. The van der Waals surface area contributed by atoms with Crippen molar-refractivity contribution in [3.8, 4) is 0 Å². The molecular formula is C10H21N. The van der Waals surface area contributed by atoms with Crippen LogP contribution in [0.1, 0.15) is 34.6 Å². The third-order valence-electron chi connectivity index (χ3n) is 1.35. The quantitative estimate of drug-likeness (QED) is 0.590. The Morgan fingerprint density at radius 2 is 1.64 bits per heavy atom. The largest absolute Gasteiger partial charge is 0.355 e. The van der Waals surface area contributed by atoms with E-state index >= 15 is 0 Å². The second-order valence-corrected chi connectivity index (χ2v) is 2.02. The zero-order valence-electron chi connectivity index (χ0n) is 8.68. The van der Waals surface area contributed by atoms with Crippen LogP contribution in [0.25, 0.3) is 0 Å². The molecule has 0 N–H and O–H groups in total. The van der Waals surface area contributed by atoms with Gasteiger partial charge in [-0.1, -0.05) is 26.0 Å². The fourth-order valence-corrected chi connectivity index (χ4v) is 0.545. The Bertz CT molecular complexity index is 123. The van der Waals surface area contributed by atoms with E-state index in [9.17, 15) is 0 Å². The minimum Gasteiger partial charge on any atom is -0.355 e. The standard InChI is InChI=1S/C8H15N.C2H6/c1-5-7-9(4)8(3)6-2;1-2/h5-7H,1-4H3;1-2H3/b7-5-,8-6-;. The smallest absolute Gasteiger partial charge is 0.0108 e. The maximum absolute atomic E-state index is 2.08. The summed E-state index contributed by atoms with van der Waals surface area (Å²) in [5.74, 6) is 0. The van der Waals surface area contributed by atoms with Gasteiger partial charge in [-0.15, -0.1) is 0 Å². The van der Waals surface area contributed by atoms with Crippen molar-refractivity contribution in [2.75, 3.05) is 7.05 Å². The van der Waals surface area contributed by atoms with Crippen LogP contribution in [-0.4, -0.2) is 11.9 Å². The minimum atomic E-state index is 1.27. The van der Waals surface area contributed by atoms with Crippen LogP contribution in [0.4, 0.5) is 0 Å². The normalized spacial score (nSPS) is 10.9. The summed E-state index contributed by atoms with van der Waals surface area (Å²) in [4.78, 5) is 2.08. The van der Waals surface area contributed by atoms with Crippen LogP contribution in [-0.2, 0) is 0 Å². The first-order valence-corrected chi connectivity index (χ1v) is 4.21. The molecule has 0 saturated heterocycles. The van der Waals surface area contributed by atoms with Gasteiger partial charge in [0.2, 0.25) is 0 Å². The molecule has 0 aromatic heterocycles. The lowest BCUT2D eigenvalue weighted by atomic mass is 10.4. The van der Waals surface area contributed by atoms with Gasteiger partial charge < -0.3 is 4.90 Å². The molecule has 0 heterocycles. The van der Waals surface area contributed by atoms with E-state index in [2.05, 4.69) is 17.9 Å². The molecule has 0 aliphatic rings. The Balaban J connectivity index is 0. The average Bonchev–Trinajstić information content (AvgIpc) is 2.07. The summed E-state index contributed by atoms with van der Waals surface area (Å²) in [6.45, 7) is 10.1. The lowest BCUT2D eigenvalue weighted by molar-refractivity contribution is 0.568. The molecule has 0 unspecified atom stereocenters. The molecule has 0 aliphatic carbocycles. The summed E-state index contributed by atoms with van der Waals surface area (Å²) in [6.07, 6.45) is 6.14. The van der Waals surface area contributed by atoms with Crippen molar-refractivity contribution < 1.29 is 0 Å². The molecule has 1 heteroatoms. The molecule has 0 fully saturated rings. The fraction of sp³-hybridized carbons (Fsp3) is 0.600. The van der Waals surface area contributed by atoms with Crippen LogP contribution in [0.15, 0.2) is 24.0 Å². The second kappa shape index (κ2) is 9.28. The average molecular weight is 155 g/mol. The molecule has 0 rings (SSSR count). The maximum atomic E-state index is 2.08. The first-order valence-electron chi connectivity index (χ1n) is 4.21. The van der Waals surface area contributed by atoms with Crippen LogP contribution in [0, 0.1) is 0 Å². The van der Waals surface area contributed by atoms with Crippen LogP contribution in [0.3, 0.4) is 0 Å². The summed E-state index contributed by atoms with van der Waals surface area (Å²) in [5, 5.41) is 0. The molecule has 66 valence electrons. The van der Waals surface area contributed by atoms with Crippen LogP contribution in [0.2, 0.25) is 0 Å². The van der Waals surface area contributed by atoms with Gasteiger partial charge in [0, 0.05) is 12.7 Å². The van der Waals surface area contributed by atoms with Gasteiger partial charge in [-0.3, -0.25) is 0 Å². The van der Waals surface area contributed by atoms with Gasteiger partial charge in [-0.25, -0.2) is 0 Å². The zero-order chi connectivity index (χ0) is 9.28. The number of allylic oxidation sites excluding steroid dienone is 3. The Morgan fingerprint density at radius 3 is 1.91 bits per heavy atom. The highest BCUT2D eigenvalue weighted by atomic mass is 15.1. The van der Waals surface area contributed by atoms with Crippen molar-refractivity contribution in [3.05, 3.63) is 24.0 Å². The predicted molar refractivity (Wildman–Crippen MR) is 53.4 cm³/mol. The van der Waals surface area contributed by atoms with Gasteiger partial charge in [-0.05, 0) is 27.0 Å². The van der Waals surface area contributed by atoms with Crippen molar-refractivity contribution in [1.29, 1.82) is 0 Å². The van der Waals surface area contributed by atoms with Crippen LogP contribution in [0.5, 0.6) is 0 Å². The maximum Gasteiger partial charge on any atom is 0.0108 e. The molecule has 1 nitrogen and oxygen atoms in total. The number of hydrogen-bond acceptors (Lipinski definition) is 1. The Hall–Kier alpha value is -0.720. The summed E-state index contributed by atoms with van der Waals surface area (Å²) in [7, 11) is 2.04.